The van der Waals surface area contributed by atoms with Crippen LogP contribution in [0.15, 0.2) is 24.3 Å². The minimum atomic E-state index is -2.04. The average Bonchev–Trinajstić information content (AvgIpc) is 2.67. The minimum Gasteiger partial charge on any atom is -0.497 e. The van der Waals surface area contributed by atoms with Crippen LogP contribution < -0.4 is 4.74 Å². The van der Waals surface area contributed by atoms with Gasteiger partial charge >= 0.3 is 0 Å². The standard InChI is InChI=1S/C22H39NO5Si/c1-17(21(24)23(5)26-7)20(28-29(8,9)22(2,3)4)14-15-27-16-18-10-12-19(25-6)13-11-18/h10-13,17,20H,14-16H2,1-9H3/t17-,20+/m1/s1. The molecule has 1 aromatic carbocycles. The number of carbonyl (C=O) groups is 1. The molecule has 0 saturated carbocycles. The van der Waals surface area contributed by atoms with Crippen LogP contribution >= 0.6 is 0 Å². The van der Waals surface area contributed by atoms with Crippen molar-refractivity contribution in [1.29, 1.82) is 0 Å². The fourth-order valence-corrected chi connectivity index (χ4v) is 4.05. The second-order valence-electron chi connectivity index (χ2n) is 8.91. The van der Waals surface area contributed by atoms with Crippen molar-refractivity contribution in [1.82, 2.24) is 5.06 Å². The molecule has 166 valence electrons. The van der Waals surface area contributed by atoms with E-state index in [4.69, 9.17) is 18.7 Å². The number of rotatable bonds is 11. The second kappa shape index (κ2) is 11.1. The monoisotopic (exact) mass is 425 g/mol. The number of benzene rings is 1. The summed E-state index contributed by atoms with van der Waals surface area (Å²) in [6.45, 7) is 13.9. The van der Waals surface area contributed by atoms with E-state index >= 15 is 0 Å². The molecule has 0 spiro atoms. The first-order valence-electron chi connectivity index (χ1n) is 10.1. The van der Waals surface area contributed by atoms with E-state index in [0.29, 0.717) is 19.6 Å². The van der Waals surface area contributed by atoms with E-state index in [0.717, 1.165) is 11.3 Å². The Bertz CT molecular complexity index is 627. The van der Waals surface area contributed by atoms with Gasteiger partial charge in [-0.15, -0.1) is 0 Å². The molecule has 6 nitrogen and oxygen atoms in total. The number of nitrogens with zero attached hydrogens (tertiary/aromatic N) is 1. The van der Waals surface area contributed by atoms with Crippen LogP contribution in [-0.4, -0.2) is 53.3 Å². The van der Waals surface area contributed by atoms with Crippen molar-refractivity contribution in [2.24, 2.45) is 5.92 Å². The lowest BCUT2D eigenvalue weighted by Gasteiger charge is -2.41. The number of amides is 1. The molecule has 0 saturated heterocycles. The largest absolute Gasteiger partial charge is 0.497 e. The quantitative estimate of drug-likeness (QED) is 0.293. The molecule has 0 radical (unpaired) electrons. The van der Waals surface area contributed by atoms with E-state index in [2.05, 4.69) is 33.9 Å². The number of hydrogen-bond donors (Lipinski definition) is 0. The summed E-state index contributed by atoms with van der Waals surface area (Å²) < 4.78 is 17.7. The van der Waals surface area contributed by atoms with Crippen molar-refractivity contribution in [3.63, 3.8) is 0 Å². The molecular formula is C22H39NO5Si. The second-order valence-corrected chi connectivity index (χ2v) is 13.7. The number of methoxy groups -OCH3 is 1. The Morgan fingerprint density at radius 1 is 1.14 bits per heavy atom. The first kappa shape index (κ1) is 25.6. The fourth-order valence-electron chi connectivity index (χ4n) is 2.61. The first-order valence-corrected chi connectivity index (χ1v) is 13.0. The molecule has 1 rings (SSSR count). The molecule has 0 aliphatic carbocycles. The van der Waals surface area contributed by atoms with Crippen molar-refractivity contribution in [3.05, 3.63) is 29.8 Å². The molecule has 29 heavy (non-hydrogen) atoms. The molecular weight excluding hydrogens is 386 g/mol. The minimum absolute atomic E-state index is 0.0606. The molecule has 1 aromatic rings. The van der Waals surface area contributed by atoms with Crippen LogP contribution in [0.1, 0.15) is 39.7 Å². The van der Waals surface area contributed by atoms with E-state index in [1.165, 1.54) is 12.2 Å². The number of hydrogen-bond acceptors (Lipinski definition) is 5. The molecule has 0 heterocycles. The zero-order valence-electron chi connectivity index (χ0n) is 19.6. The Labute approximate surface area is 177 Å². The summed E-state index contributed by atoms with van der Waals surface area (Å²) in [5.41, 5.74) is 1.08. The van der Waals surface area contributed by atoms with Crippen LogP contribution in [-0.2, 0) is 25.4 Å². The summed E-state index contributed by atoms with van der Waals surface area (Å²) in [4.78, 5) is 17.7. The van der Waals surface area contributed by atoms with Crippen LogP contribution in [0.25, 0.3) is 0 Å². The summed E-state index contributed by atoms with van der Waals surface area (Å²) in [6.07, 6.45) is 0.421. The third kappa shape index (κ3) is 7.73. The van der Waals surface area contributed by atoms with Gasteiger partial charge in [-0.2, -0.15) is 0 Å². The van der Waals surface area contributed by atoms with E-state index in [9.17, 15) is 4.79 Å². The molecule has 1 amide bonds. The van der Waals surface area contributed by atoms with Gasteiger partial charge in [0.1, 0.15) is 5.75 Å². The lowest BCUT2D eigenvalue weighted by molar-refractivity contribution is -0.176. The van der Waals surface area contributed by atoms with E-state index in [1.807, 2.05) is 31.2 Å². The van der Waals surface area contributed by atoms with Crippen molar-refractivity contribution in [2.45, 2.75) is 65.0 Å². The lowest BCUT2D eigenvalue weighted by atomic mass is 10.0. The summed E-state index contributed by atoms with van der Waals surface area (Å²) in [5.74, 6) is 0.413. The molecule has 0 aromatic heterocycles. The van der Waals surface area contributed by atoms with Gasteiger partial charge in [-0.1, -0.05) is 39.8 Å². The van der Waals surface area contributed by atoms with Gasteiger partial charge in [0.05, 0.1) is 32.8 Å². The topological polar surface area (TPSA) is 57.2 Å². The van der Waals surface area contributed by atoms with Crippen molar-refractivity contribution in [2.75, 3.05) is 27.9 Å². The number of ether oxygens (including phenoxy) is 2. The predicted molar refractivity (Wildman–Crippen MR) is 118 cm³/mol. The summed E-state index contributed by atoms with van der Waals surface area (Å²) in [5, 5.41) is 1.33. The van der Waals surface area contributed by atoms with Crippen molar-refractivity contribution in [3.8, 4) is 5.75 Å². The highest BCUT2D eigenvalue weighted by Gasteiger charge is 2.41. The van der Waals surface area contributed by atoms with Gasteiger partial charge in [0.25, 0.3) is 5.91 Å². The molecule has 0 N–H and O–H groups in total. The highest BCUT2D eigenvalue weighted by molar-refractivity contribution is 6.74. The Balaban J connectivity index is 2.75. The van der Waals surface area contributed by atoms with E-state index in [-0.39, 0.29) is 23.0 Å². The van der Waals surface area contributed by atoms with Gasteiger partial charge < -0.3 is 13.9 Å². The highest BCUT2D eigenvalue weighted by atomic mass is 28.4. The third-order valence-corrected chi connectivity index (χ3v) is 10.3. The Morgan fingerprint density at radius 2 is 1.72 bits per heavy atom. The maximum absolute atomic E-state index is 12.6. The molecule has 0 aliphatic rings. The first-order chi connectivity index (χ1) is 13.4. The summed E-state index contributed by atoms with van der Waals surface area (Å²) in [7, 11) is 2.73. The number of hydroxylamine groups is 2. The van der Waals surface area contributed by atoms with Crippen LogP contribution in [0.2, 0.25) is 18.1 Å². The van der Waals surface area contributed by atoms with Gasteiger partial charge in [-0.05, 0) is 42.2 Å². The molecule has 2 atom stereocenters. The Kier molecular flexibility index (Phi) is 9.81. The fraction of sp³-hybridized carbons (Fsp3) is 0.682. The SMILES string of the molecule is COc1ccc(COCC[C@H](O[Si](C)(C)C(C)(C)C)[C@@H](C)C(=O)N(C)OC)cc1. The van der Waals surface area contributed by atoms with Crippen LogP contribution in [0.5, 0.6) is 5.75 Å². The highest BCUT2D eigenvalue weighted by Crippen LogP contribution is 2.38. The van der Waals surface area contributed by atoms with Crippen molar-refractivity contribution < 1.29 is 23.5 Å². The maximum Gasteiger partial charge on any atom is 0.251 e. The third-order valence-electron chi connectivity index (χ3n) is 5.76. The summed E-state index contributed by atoms with van der Waals surface area (Å²) in [6, 6.07) is 7.82. The average molecular weight is 426 g/mol. The van der Waals surface area contributed by atoms with Gasteiger partial charge in [0, 0.05) is 13.7 Å². The maximum atomic E-state index is 12.6. The lowest BCUT2D eigenvalue weighted by Crippen LogP contribution is -2.48. The molecule has 0 bridgehead atoms. The zero-order valence-corrected chi connectivity index (χ0v) is 20.6. The van der Waals surface area contributed by atoms with Crippen LogP contribution in [0, 0.1) is 5.92 Å². The van der Waals surface area contributed by atoms with E-state index in [1.54, 1.807) is 14.2 Å². The summed E-state index contributed by atoms with van der Waals surface area (Å²) >= 11 is 0. The van der Waals surface area contributed by atoms with Gasteiger partial charge in [0.15, 0.2) is 8.32 Å². The molecule has 7 heteroatoms. The molecule has 0 aliphatic heterocycles. The number of carbonyl (C=O) groups excluding carboxylic acids is 1. The molecule has 0 unspecified atom stereocenters. The van der Waals surface area contributed by atoms with Gasteiger partial charge in [0.2, 0.25) is 0 Å². The normalized spacial score (nSPS) is 14.4. The van der Waals surface area contributed by atoms with Crippen LogP contribution in [0.3, 0.4) is 0 Å². The van der Waals surface area contributed by atoms with Gasteiger partial charge in [-0.3, -0.25) is 9.63 Å². The predicted octanol–water partition coefficient (Wildman–Crippen LogP) is 4.65. The Hall–Kier alpha value is -1.41. The van der Waals surface area contributed by atoms with Gasteiger partial charge in [-0.25, -0.2) is 5.06 Å². The molecule has 0 fully saturated rings. The van der Waals surface area contributed by atoms with Crippen molar-refractivity contribution >= 4 is 14.2 Å². The Morgan fingerprint density at radius 3 is 2.21 bits per heavy atom. The zero-order chi connectivity index (χ0) is 22.2. The van der Waals surface area contributed by atoms with Crippen LogP contribution in [0.4, 0.5) is 0 Å². The van der Waals surface area contributed by atoms with E-state index < -0.39 is 8.32 Å². The smallest absolute Gasteiger partial charge is 0.251 e.